The van der Waals surface area contributed by atoms with E-state index >= 15 is 0 Å². The topological polar surface area (TPSA) is 55.4 Å². The molecule has 2 aliphatic rings. The van der Waals surface area contributed by atoms with Gasteiger partial charge in [-0.2, -0.15) is 0 Å². The van der Waals surface area contributed by atoms with Gasteiger partial charge >= 0.3 is 0 Å². The van der Waals surface area contributed by atoms with Crippen LogP contribution < -0.4 is 5.32 Å². The fourth-order valence-electron chi connectivity index (χ4n) is 2.15. The van der Waals surface area contributed by atoms with Crippen LogP contribution in [0.4, 0.5) is 0 Å². The van der Waals surface area contributed by atoms with E-state index in [9.17, 15) is 8.42 Å². The van der Waals surface area contributed by atoms with Gasteiger partial charge in [0, 0.05) is 6.54 Å². The van der Waals surface area contributed by atoms with E-state index in [-0.39, 0.29) is 10.8 Å². The summed E-state index contributed by atoms with van der Waals surface area (Å²) >= 11 is 0. The fourth-order valence-corrected chi connectivity index (χ4v) is 4.11. The Labute approximate surface area is 78.6 Å². The molecule has 0 saturated carbocycles. The first-order valence-electron chi connectivity index (χ1n) is 4.61. The maximum absolute atomic E-state index is 11.5. The maximum atomic E-state index is 11.5. The van der Waals surface area contributed by atoms with E-state index in [4.69, 9.17) is 4.74 Å². The number of morpholine rings is 1. The summed E-state index contributed by atoms with van der Waals surface area (Å²) in [6.07, 6.45) is 0.691. The highest BCUT2D eigenvalue weighted by Gasteiger charge is 2.50. The zero-order chi connectivity index (χ0) is 9.53. The molecule has 13 heavy (non-hydrogen) atoms. The lowest BCUT2D eigenvalue weighted by atomic mass is 9.93. The molecule has 2 rings (SSSR count). The van der Waals surface area contributed by atoms with Crippen LogP contribution in [0, 0.1) is 0 Å². The molecule has 2 aliphatic heterocycles. The third-order valence-corrected chi connectivity index (χ3v) is 5.53. The van der Waals surface area contributed by atoms with Gasteiger partial charge in [0.05, 0.1) is 29.8 Å². The molecule has 0 radical (unpaired) electrons. The summed E-state index contributed by atoms with van der Waals surface area (Å²) in [5.41, 5.74) is -0.295. The summed E-state index contributed by atoms with van der Waals surface area (Å²) in [5, 5.41) is 2.99. The van der Waals surface area contributed by atoms with Crippen LogP contribution in [0.2, 0.25) is 0 Å². The van der Waals surface area contributed by atoms with Gasteiger partial charge < -0.3 is 10.1 Å². The van der Waals surface area contributed by atoms with Gasteiger partial charge in [0.25, 0.3) is 0 Å². The van der Waals surface area contributed by atoms with Crippen LogP contribution in [-0.4, -0.2) is 44.7 Å². The Kier molecular flexibility index (Phi) is 2.13. The van der Waals surface area contributed by atoms with Crippen molar-refractivity contribution in [2.45, 2.75) is 24.1 Å². The molecule has 0 aromatic heterocycles. The van der Waals surface area contributed by atoms with Crippen LogP contribution in [0.1, 0.15) is 13.3 Å². The highest BCUT2D eigenvalue weighted by molar-refractivity contribution is 7.92. The third-order valence-electron chi connectivity index (χ3n) is 3.23. The lowest BCUT2D eigenvalue weighted by Crippen LogP contribution is -2.58. The lowest BCUT2D eigenvalue weighted by molar-refractivity contribution is 0.0292. The van der Waals surface area contributed by atoms with E-state index in [2.05, 4.69) is 5.32 Å². The molecule has 76 valence electrons. The number of hydrogen-bond acceptors (Lipinski definition) is 4. The van der Waals surface area contributed by atoms with Gasteiger partial charge in [-0.15, -0.1) is 0 Å². The average molecular weight is 205 g/mol. The highest BCUT2D eigenvalue weighted by atomic mass is 32.2. The molecule has 2 fully saturated rings. The Bertz CT molecular complexity index is 293. The molecule has 5 heteroatoms. The summed E-state index contributed by atoms with van der Waals surface area (Å²) in [6.45, 7) is 3.77. The van der Waals surface area contributed by atoms with Crippen LogP contribution in [0.15, 0.2) is 0 Å². The minimum absolute atomic E-state index is 0.295. The van der Waals surface area contributed by atoms with Gasteiger partial charge in [0.1, 0.15) is 0 Å². The van der Waals surface area contributed by atoms with Crippen molar-refractivity contribution < 1.29 is 13.2 Å². The predicted molar refractivity (Wildman–Crippen MR) is 49.4 cm³/mol. The second-order valence-corrected chi connectivity index (χ2v) is 6.34. The van der Waals surface area contributed by atoms with E-state index in [1.165, 1.54) is 0 Å². The predicted octanol–water partition coefficient (Wildman–Crippen LogP) is -0.448. The molecule has 2 atom stereocenters. The van der Waals surface area contributed by atoms with Crippen LogP contribution in [-0.2, 0) is 14.6 Å². The normalized spacial score (nSPS) is 43.9. The van der Waals surface area contributed by atoms with Gasteiger partial charge in [0.15, 0.2) is 9.84 Å². The summed E-state index contributed by atoms with van der Waals surface area (Å²) in [7, 11) is -2.88. The molecule has 0 amide bonds. The fraction of sp³-hybridized carbons (Fsp3) is 1.00. The van der Waals surface area contributed by atoms with Crippen LogP contribution >= 0.6 is 0 Å². The molecule has 0 aromatic carbocycles. The average Bonchev–Trinajstić information content (AvgIpc) is 2.33. The van der Waals surface area contributed by atoms with Crippen LogP contribution in [0.25, 0.3) is 0 Å². The smallest absolute Gasteiger partial charge is 0.154 e. The minimum atomic E-state index is -2.88. The Morgan fingerprint density at radius 1 is 1.54 bits per heavy atom. The largest absolute Gasteiger partial charge is 0.378 e. The standard InChI is InChI=1S/C8H15NO3S/c1-7-8(2-5-13(7,10)11)6-12-4-3-9-8/h7,9H,2-6H2,1H3. The second kappa shape index (κ2) is 2.93. The van der Waals surface area contributed by atoms with Crippen molar-refractivity contribution in [3.63, 3.8) is 0 Å². The molecule has 0 aliphatic carbocycles. The molecular weight excluding hydrogens is 190 g/mol. The molecule has 2 heterocycles. The summed E-state index contributed by atoms with van der Waals surface area (Å²) in [4.78, 5) is 0. The van der Waals surface area contributed by atoms with Gasteiger partial charge in [0.2, 0.25) is 0 Å². The summed E-state index contributed by atoms with van der Waals surface area (Å²) in [6, 6.07) is 0. The monoisotopic (exact) mass is 205 g/mol. The maximum Gasteiger partial charge on any atom is 0.154 e. The molecular formula is C8H15NO3S. The van der Waals surface area contributed by atoms with E-state index in [0.717, 1.165) is 6.54 Å². The Hall–Kier alpha value is -0.130. The third kappa shape index (κ3) is 1.39. The lowest BCUT2D eigenvalue weighted by Gasteiger charge is -2.37. The number of hydrogen-bond donors (Lipinski definition) is 1. The number of rotatable bonds is 0. The van der Waals surface area contributed by atoms with Crippen molar-refractivity contribution in [1.29, 1.82) is 0 Å². The van der Waals surface area contributed by atoms with Crippen molar-refractivity contribution in [3.05, 3.63) is 0 Å². The Morgan fingerprint density at radius 3 is 2.77 bits per heavy atom. The van der Waals surface area contributed by atoms with Crippen LogP contribution in [0.3, 0.4) is 0 Å². The van der Waals surface area contributed by atoms with Gasteiger partial charge in [-0.3, -0.25) is 0 Å². The van der Waals surface area contributed by atoms with Gasteiger partial charge in [-0.1, -0.05) is 0 Å². The van der Waals surface area contributed by atoms with Gasteiger partial charge in [-0.25, -0.2) is 8.42 Å². The van der Waals surface area contributed by atoms with Crippen molar-refractivity contribution in [3.8, 4) is 0 Å². The van der Waals surface area contributed by atoms with E-state index in [1.54, 1.807) is 6.92 Å². The van der Waals surface area contributed by atoms with Gasteiger partial charge in [-0.05, 0) is 13.3 Å². The van der Waals surface area contributed by atoms with Crippen molar-refractivity contribution >= 4 is 9.84 Å². The molecule has 2 saturated heterocycles. The van der Waals surface area contributed by atoms with Crippen molar-refractivity contribution in [1.82, 2.24) is 5.32 Å². The van der Waals surface area contributed by atoms with E-state index < -0.39 is 9.84 Å². The first-order chi connectivity index (χ1) is 6.07. The molecule has 0 bridgehead atoms. The first kappa shape index (κ1) is 9.43. The number of sulfone groups is 1. The van der Waals surface area contributed by atoms with Crippen molar-refractivity contribution in [2.75, 3.05) is 25.5 Å². The Balaban J connectivity index is 2.25. The zero-order valence-electron chi connectivity index (χ0n) is 7.75. The quantitative estimate of drug-likeness (QED) is 0.582. The summed E-state index contributed by atoms with van der Waals surface area (Å²) in [5.74, 6) is 0.296. The van der Waals surface area contributed by atoms with E-state index in [0.29, 0.717) is 25.4 Å². The van der Waals surface area contributed by atoms with E-state index in [1.807, 2.05) is 0 Å². The van der Waals surface area contributed by atoms with Crippen molar-refractivity contribution in [2.24, 2.45) is 0 Å². The molecule has 4 nitrogen and oxygen atoms in total. The summed E-state index contributed by atoms with van der Waals surface area (Å²) < 4.78 is 28.4. The Morgan fingerprint density at radius 2 is 2.31 bits per heavy atom. The minimum Gasteiger partial charge on any atom is -0.378 e. The van der Waals surface area contributed by atoms with Crippen LogP contribution in [0.5, 0.6) is 0 Å². The second-order valence-electron chi connectivity index (χ2n) is 3.89. The number of ether oxygens (including phenoxy) is 1. The first-order valence-corrected chi connectivity index (χ1v) is 6.33. The highest BCUT2D eigenvalue weighted by Crippen LogP contribution is 2.32. The number of nitrogens with one attached hydrogen (secondary N) is 1. The molecule has 1 N–H and O–H groups in total. The SMILES string of the molecule is CC1C2(CCS1(=O)=O)COCCN2. The molecule has 2 unspecified atom stereocenters. The molecule has 1 spiro atoms. The zero-order valence-corrected chi connectivity index (χ0v) is 8.56. The molecule has 0 aromatic rings.